The molecule has 0 saturated carbocycles. The summed E-state index contributed by atoms with van der Waals surface area (Å²) in [7, 11) is 0. The Labute approximate surface area is 59.5 Å². The quantitative estimate of drug-likeness (QED) is 0.549. The summed E-state index contributed by atoms with van der Waals surface area (Å²) in [5, 5.41) is 3.84. The Balaban J connectivity index is 2.40. The first kappa shape index (κ1) is 7.21. The van der Waals surface area contributed by atoms with E-state index >= 15 is 0 Å². The van der Waals surface area contributed by atoms with Crippen molar-refractivity contribution in [1.82, 2.24) is 5.43 Å². The lowest BCUT2D eigenvalue weighted by atomic mass is 10.1. The van der Waals surface area contributed by atoms with E-state index in [1.807, 2.05) is 0 Å². The number of nitrogens with one attached hydrogen (secondary N) is 1. The summed E-state index contributed by atoms with van der Waals surface area (Å²) in [5.41, 5.74) is 8.71. The summed E-state index contributed by atoms with van der Waals surface area (Å²) in [6.45, 7) is 0.606. The summed E-state index contributed by atoms with van der Waals surface area (Å²) in [4.78, 5) is 10.6. The minimum atomic E-state index is 0.000714. The smallest absolute Gasteiger partial charge is 0.240 e. The molecule has 0 bridgehead atoms. The molecule has 4 heteroatoms. The maximum absolute atomic E-state index is 10.6. The van der Waals surface area contributed by atoms with Gasteiger partial charge in [-0.15, -0.1) is 0 Å². The molecule has 56 valence electrons. The van der Waals surface area contributed by atoms with Crippen LogP contribution in [0.1, 0.15) is 19.3 Å². The van der Waals surface area contributed by atoms with E-state index in [0.717, 1.165) is 18.6 Å². The summed E-state index contributed by atoms with van der Waals surface area (Å²) < 4.78 is 0. The first-order valence-electron chi connectivity index (χ1n) is 3.37. The Morgan fingerprint density at radius 1 is 1.60 bits per heavy atom. The van der Waals surface area contributed by atoms with Crippen molar-refractivity contribution < 1.29 is 4.79 Å². The highest BCUT2D eigenvalue weighted by atomic mass is 16.2. The molecule has 1 heterocycles. The average Bonchev–Trinajstić information content (AvgIpc) is 1.95. The van der Waals surface area contributed by atoms with Crippen LogP contribution in [0.4, 0.5) is 0 Å². The second kappa shape index (κ2) is 3.31. The highest BCUT2D eigenvalue weighted by Gasteiger charge is 2.09. The zero-order chi connectivity index (χ0) is 7.40. The van der Waals surface area contributed by atoms with Gasteiger partial charge in [-0.1, -0.05) is 0 Å². The molecule has 3 N–H and O–H groups in total. The molecule has 1 aliphatic heterocycles. The number of hydrazone groups is 1. The fraction of sp³-hybridized carbons (Fsp3) is 0.667. The molecule has 1 amide bonds. The summed E-state index contributed by atoms with van der Waals surface area (Å²) in [5.74, 6) is 0.000714. The van der Waals surface area contributed by atoms with Crippen molar-refractivity contribution in [2.24, 2.45) is 10.8 Å². The van der Waals surface area contributed by atoms with E-state index in [-0.39, 0.29) is 5.91 Å². The van der Waals surface area contributed by atoms with Gasteiger partial charge in [0.25, 0.3) is 0 Å². The van der Waals surface area contributed by atoms with Crippen LogP contribution in [0.3, 0.4) is 0 Å². The number of nitrogens with zero attached hydrogens (tertiary/aromatic N) is 1. The normalized spacial score (nSPS) is 18.1. The van der Waals surface area contributed by atoms with Crippen molar-refractivity contribution in [2.45, 2.75) is 19.3 Å². The van der Waals surface area contributed by atoms with Crippen LogP contribution in [-0.4, -0.2) is 18.2 Å². The fourth-order valence-corrected chi connectivity index (χ4v) is 0.859. The van der Waals surface area contributed by atoms with Gasteiger partial charge in [0.2, 0.25) is 5.91 Å². The topological polar surface area (TPSA) is 67.5 Å². The van der Waals surface area contributed by atoms with Crippen LogP contribution in [0.15, 0.2) is 5.10 Å². The number of carbonyl (C=O) groups is 1. The van der Waals surface area contributed by atoms with E-state index in [9.17, 15) is 4.79 Å². The van der Waals surface area contributed by atoms with Crippen LogP contribution in [0.25, 0.3) is 0 Å². The zero-order valence-electron chi connectivity index (χ0n) is 5.76. The Bertz CT molecular complexity index is 164. The van der Waals surface area contributed by atoms with Gasteiger partial charge < -0.3 is 5.73 Å². The molecule has 0 unspecified atom stereocenters. The van der Waals surface area contributed by atoms with Crippen molar-refractivity contribution in [3.63, 3.8) is 0 Å². The SMILES string of the molecule is NCCC1=NNC(=O)CC1. The molecule has 1 rings (SSSR count). The second-order valence-electron chi connectivity index (χ2n) is 2.25. The average molecular weight is 141 g/mol. The predicted octanol–water partition coefficient (Wildman–Crippen LogP) is -0.399. The second-order valence-corrected chi connectivity index (χ2v) is 2.25. The number of amides is 1. The zero-order valence-corrected chi connectivity index (χ0v) is 5.76. The van der Waals surface area contributed by atoms with E-state index in [0.29, 0.717) is 13.0 Å². The molecule has 1 aliphatic rings. The van der Waals surface area contributed by atoms with Gasteiger partial charge in [-0.3, -0.25) is 4.79 Å². The van der Waals surface area contributed by atoms with Gasteiger partial charge in [-0.05, 0) is 19.4 Å². The van der Waals surface area contributed by atoms with Gasteiger partial charge >= 0.3 is 0 Å². The minimum Gasteiger partial charge on any atom is -0.330 e. The maximum atomic E-state index is 10.6. The summed E-state index contributed by atoms with van der Waals surface area (Å²) in [6.07, 6.45) is 2.11. The lowest BCUT2D eigenvalue weighted by Gasteiger charge is -2.09. The number of carbonyl (C=O) groups excluding carboxylic acids is 1. The van der Waals surface area contributed by atoms with E-state index in [2.05, 4.69) is 10.5 Å². The maximum Gasteiger partial charge on any atom is 0.240 e. The van der Waals surface area contributed by atoms with Crippen LogP contribution in [0.2, 0.25) is 0 Å². The monoisotopic (exact) mass is 141 g/mol. The molecule has 0 radical (unpaired) electrons. The first-order chi connectivity index (χ1) is 4.83. The van der Waals surface area contributed by atoms with Crippen LogP contribution in [-0.2, 0) is 4.79 Å². The first-order valence-corrected chi connectivity index (χ1v) is 3.37. The molecule has 0 aromatic carbocycles. The van der Waals surface area contributed by atoms with Gasteiger partial charge in [0.1, 0.15) is 0 Å². The Morgan fingerprint density at radius 3 is 2.90 bits per heavy atom. The van der Waals surface area contributed by atoms with Crippen molar-refractivity contribution in [3.05, 3.63) is 0 Å². The standard InChI is InChI=1S/C6H11N3O/c7-4-3-5-1-2-6(10)9-8-5/h1-4,7H2,(H,9,10). The number of nitrogens with two attached hydrogens (primary N) is 1. The van der Waals surface area contributed by atoms with E-state index in [1.54, 1.807) is 0 Å². The van der Waals surface area contributed by atoms with E-state index < -0.39 is 0 Å². The third kappa shape index (κ3) is 1.80. The number of rotatable bonds is 2. The van der Waals surface area contributed by atoms with Crippen LogP contribution in [0, 0.1) is 0 Å². The highest BCUT2D eigenvalue weighted by molar-refractivity contribution is 5.92. The van der Waals surface area contributed by atoms with Crippen LogP contribution >= 0.6 is 0 Å². The van der Waals surface area contributed by atoms with Crippen molar-refractivity contribution in [1.29, 1.82) is 0 Å². The molecule has 0 aliphatic carbocycles. The molecule has 0 atom stereocenters. The third-order valence-corrected chi connectivity index (χ3v) is 1.41. The molecular formula is C6H11N3O. The Hall–Kier alpha value is -0.900. The minimum absolute atomic E-state index is 0.000714. The van der Waals surface area contributed by atoms with Gasteiger partial charge in [0.05, 0.1) is 0 Å². The molecule has 0 aromatic rings. The molecular weight excluding hydrogens is 130 g/mol. The Kier molecular flexibility index (Phi) is 2.39. The largest absolute Gasteiger partial charge is 0.330 e. The van der Waals surface area contributed by atoms with E-state index in [4.69, 9.17) is 5.73 Å². The molecule has 0 fully saturated rings. The van der Waals surface area contributed by atoms with Crippen LogP contribution in [0.5, 0.6) is 0 Å². The van der Waals surface area contributed by atoms with Gasteiger partial charge in [0, 0.05) is 12.1 Å². The molecule has 0 saturated heterocycles. The van der Waals surface area contributed by atoms with Gasteiger partial charge in [-0.25, -0.2) is 5.43 Å². The molecule has 4 nitrogen and oxygen atoms in total. The van der Waals surface area contributed by atoms with Gasteiger partial charge in [-0.2, -0.15) is 5.10 Å². The summed E-state index contributed by atoms with van der Waals surface area (Å²) in [6, 6.07) is 0. The van der Waals surface area contributed by atoms with Crippen molar-refractivity contribution in [2.75, 3.05) is 6.54 Å². The third-order valence-electron chi connectivity index (χ3n) is 1.41. The van der Waals surface area contributed by atoms with Gasteiger partial charge in [0.15, 0.2) is 0 Å². The molecule has 10 heavy (non-hydrogen) atoms. The highest BCUT2D eigenvalue weighted by Crippen LogP contribution is 2.01. The fourth-order valence-electron chi connectivity index (χ4n) is 0.859. The number of hydrogen-bond donors (Lipinski definition) is 2. The van der Waals surface area contributed by atoms with Crippen LogP contribution < -0.4 is 11.2 Å². The Morgan fingerprint density at radius 2 is 2.40 bits per heavy atom. The van der Waals surface area contributed by atoms with Crippen molar-refractivity contribution in [3.8, 4) is 0 Å². The molecule has 0 spiro atoms. The number of hydrogen-bond acceptors (Lipinski definition) is 3. The van der Waals surface area contributed by atoms with Crippen molar-refractivity contribution >= 4 is 11.6 Å². The summed E-state index contributed by atoms with van der Waals surface area (Å²) >= 11 is 0. The predicted molar refractivity (Wildman–Crippen MR) is 38.5 cm³/mol. The molecule has 0 aromatic heterocycles. The lowest BCUT2D eigenvalue weighted by molar-refractivity contribution is -0.121. The van der Waals surface area contributed by atoms with E-state index in [1.165, 1.54) is 0 Å². The lowest BCUT2D eigenvalue weighted by Crippen LogP contribution is -2.26.